The maximum Gasteiger partial charge on any atom is 0.210 e. The summed E-state index contributed by atoms with van der Waals surface area (Å²) in [6.45, 7) is 6.33. The number of benzene rings is 2. The third kappa shape index (κ3) is 3.93. The molecule has 0 unspecified atom stereocenters. The molecule has 7 nitrogen and oxygen atoms in total. The van der Waals surface area contributed by atoms with Gasteiger partial charge < -0.3 is 19.3 Å². The highest BCUT2D eigenvalue weighted by Crippen LogP contribution is 2.40. The van der Waals surface area contributed by atoms with Crippen molar-refractivity contribution in [2.75, 3.05) is 51.8 Å². The van der Waals surface area contributed by atoms with Gasteiger partial charge in [0, 0.05) is 43.8 Å². The molecule has 8 heteroatoms. The van der Waals surface area contributed by atoms with Gasteiger partial charge in [0.1, 0.15) is 4.90 Å². The number of hydrogen-bond acceptors (Lipinski definition) is 7. The first-order chi connectivity index (χ1) is 15.0. The molecule has 2 heterocycles. The Morgan fingerprint density at radius 1 is 0.968 bits per heavy atom. The van der Waals surface area contributed by atoms with Crippen LogP contribution < -0.4 is 14.4 Å². The minimum Gasteiger partial charge on any atom is -0.493 e. The molecule has 2 aromatic carbocycles. The second-order valence-corrected chi connectivity index (χ2v) is 9.35. The standard InChI is InChI=1S/C23H27N3O4S/c1-4-25-10-12-26(13-11-25)23-18-14-20(29-2)21(30-3)15-19(18)24-16-22(23)31(27,28)17-8-6-5-7-9-17/h5-9,14-16H,4,10-13H2,1-3H3. The average molecular weight is 442 g/mol. The van der Waals surface area contributed by atoms with Crippen molar-refractivity contribution < 1.29 is 17.9 Å². The number of anilines is 1. The van der Waals surface area contributed by atoms with Crippen LogP contribution in [-0.4, -0.2) is 65.2 Å². The van der Waals surface area contributed by atoms with Crippen LogP contribution in [0.2, 0.25) is 0 Å². The molecule has 0 aliphatic carbocycles. The van der Waals surface area contributed by atoms with E-state index in [1.54, 1.807) is 50.6 Å². The highest BCUT2D eigenvalue weighted by Gasteiger charge is 2.29. The molecule has 4 rings (SSSR count). The van der Waals surface area contributed by atoms with E-state index < -0.39 is 9.84 Å². The zero-order chi connectivity index (χ0) is 22.0. The van der Waals surface area contributed by atoms with Crippen LogP contribution in [0.3, 0.4) is 0 Å². The van der Waals surface area contributed by atoms with Crippen LogP contribution in [0.4, 0.5) is 5.69 Å². The first kappa shape index (κ1) is 21.4. The summed E-state index contributed by atoms with van der Waals surface area (Å²) in [4.78, 5) is 9.46. The van der Waals surface area contributed by atoms with Crippen LogP contribution in [-0.2, 0) is 9.84 Å². The molecule has 0 N–H and O–H groups in total. The van der Waals surface area contributed by atoms with Gasteiger partial charge in [-0.05, 0) is 24.7 Å². The van der Waals surface area contributed by atoms with Gasteiger partial charge in [-0.15, -0.1) is 0 Å². The number of piperazine rings is 1. The van der Waals surface area contributed by atoms with Crippen LogP contribution >= 0.6 is 0 Å². The first-order valence-electron chi connectivity index (χ1n) is 10.3. The largest absolute Gasteiger partial charge is 0.493 e. The molecule has 3 aromatic rings. The van der Waals surface area contributed by atoms with E-state index in [0.717, 1.165) is 38.1 Å². The summed E-state index contributed by atoms with van der Waals surface area (Å²) in [5, 5.41) is 0.736. The molecule has 1 aliphatic heterocycles. The lowest BCUT2D eigenvalue weighted by Gasteiger charge is -2.36. The number of pyridine rings is 1. The highest BCUT2D eigenvalue weighted by atomic mass is 32.2. The molecule has 0 saturated carbocycles. The summed E-state index contributed by atoms with van der Waals surface area (Å²) < 4.78 is 38.1. The Bertz CT molecular complexity index is 1170. The topological polar surface area (TPSA) is 72.0 Å². The van der Waals surface area contributed by atoms with Crippen molar-refractivity contribution in [2.24, 2.45) is 0 Å². The van der Waals surface area contributed by atoms with Gasteiger partial charge in [0.15, 0.2) is 11.5 Å². The lowest BCUT2D eigenvalue weighted by Crippen LogP contribution is -2.46. The van der Waals surface area contributed by atoms with E-state index >= 15 is 0 Å². The average Bonchev–Trinajstić information content (AvgIpc) is 2.82. The fourth-order valence-corrected chi connectivity index (χ4v) is 5.48. The third-order valence-corrected chi connectivity index (χ3v) is 7.56. The van der Waals surface area contributed by atoms with Crippen molar-refractivity contribution in [1.82, 2.24) is 9.88 Å². The Kier molecular flexibility index (Phi) is 6.02. The molecular weight excluding hydrogens is 414 g/mol. The number of likely N-dealkylation sites (N-methyl/N-ethyl adjacent to an activating group) is 1. The molecule has 0 radical (unpaired) electrons. The quantitative estimate of drug-likeness (QED) is 0.582. The second kappa shape index (κ2) is 8.72. The number of fused-ring (bicyclic) bond motifs is 1. The minimum absolute atomic E-state index is 0.211. The predicted molar refractivity (Wildman–Crippen MR) is 121 cm³/mol. The number of hydrogen-bond donors (Lipinski definition) is 0. The van der Waals surface area contributed by atoms with Crippen LogP contribution in [0.15, 0.2) is 58.5 Å². The number of ether oxygens (including phenoxy) is 2. The van der Waals surface area contributed by atoms with Gasteiger partial charge in [0.2, 0.25) is 9.84 Å². The van der Waals surface area contributed by atoms with Crippen molar-refractivity contribution in [2.45, 2.75) is 16.7 Å². The number of rotatable bonds is 6. The molecule has 1 aliphatic rings. The monoisotopic (exact) mass is 441 g/mol. The Morgan fingerprint density at radius 3 is 2.23 bits per heavy atom. The molecule has 1 aromatic heterocycles. The van der Waals surface area contributed by atoms with Crippen LogP contribution in [0.1, 0.15) is 6.92 Å². The van der Waals surface area contributed by atoms with Crippen LogP contribution in [0.25, 0.3) is 10.9 Å². The molecule has 0 spiro atoms. The number of aromatic nitrogens is 1. The molecule has 164 valence electrons. The molecule has 31 heavy (non-hydrogen) atoms. The Labute approximate surface area is 183 Å². The predicted octanol–water partition coefficient (Wildman–Crippen LogP) is 3.23. The maximum atomic E-state index is 13.6. The summed E-state index contributed by atoms with van der Waals surface area (Å²) in [7, 11) is -0.612. The zero-order valence-corrected chi connectivity index (χ0v) is 18.9. The minimum atomic E-state index is -3.75. The van der Waals surface area contributed by atoms with Gasteiger partial charge >= 0.3 is 0 Å². The van der Waals surface area contributed by atoms with E-state index in [9.17, 15) is 8.42 Å². The van der Waals surface area contributed by atoms with E-state index in [4.69, 9.17) is 9.47 Å². The molecule has 0 atom stereocenters. The normalized spacial score (nSPS) is 15.3. The first-order valence-corrected chi connectivity index (χ1v) is 11.8. The van der Waals surface area contributed by atoms with Gasteiger partial charge in [-0.25, -0.2) is 8.42 Å². The van der Waals surface area contributed by atoms with Crippen molar-refractivity contribution in [3.8, 4) is 11.5 Å². The van der Waals surface area contributed by atoms with Gasteiger partial charge in [-0.2, -0.15) is 0 Å². The second-order valence-electron chi connectivity index (χ2n) is 7.43. The van der Waals surface area contributed by atoms with E-state index in [1.807, 2.05) is 6.07 Å². The summed E-state index contributed by atoms with van der Waals surface area (Å²) in [6, 6.07) is 12.1. The Morgan fingerprint density at radius 2 is 1.61 bits per heavy atom. The fourth-order valence-electron chi connectivity index (χ4n) is 4.02. The molecule has 1 fully saturated rings. The van der Waals surface area contributed by atoms with Gasteiger partial charge in [-0.1, -0.05) is 25.1 Å². The fraction of sp³-hybridized carbons (Fsp3) is 0.348. The van der Waals surface area contributed by atoms with Gasteiger partial charge in [0.25, 0.3) is 0 Å². The van der Waals surface area contributed by atoms with Gasteiger partial charge in [0.05, 0.1) is 30.3 Å². The number of nitrogens with zero attached hydrogens (tertiary/aromatic N) is 3. The summed E-state index contributed by atoms with van der Waals surface area (Å²) >= 11 is 0. The summed E-state index contributed by atoms with van der Waals surface area (Å²) in [6.07, 6.45) is 1.47. The SMILES string of the molecule is CCN1CCN(c2c(S(=O)(=O)c3ccccc3)cnc3cc(OC)c(OC)cc23)CC1. The smallest absolute Gasteiger partial charge is 0.210 e. The van der Waals surface area contributed by atoms with Crippen molar-refractivity contribution in [3.63, 3.8) is 0 Å². The van der Waals surface area contributed by atoms with Crippen molar-refractivity contribution in [3.05, 3.63) is 48.7 Å². The van der Waals surface area contributed by atoms with E-state index in [2.05, 4.69) is 21.7 Å². The number of sulfone groups is 1. The molecule has 1 saturated heterocycles. The van der Waals surface area contributed by atoms with Crippen LogP contribution in [0, 0.1) is 0 Å². The lowest BCUT2D eigenvalue weighted by atomic mass is 10.1. The molecule has 0 bridgehead atoms. The maximum absolute atomic E-state index is 13.6. The van der Waals surface area contributed by atoms with E-state index in [-0.39, 0.29) is 9.79 Å². The van der Waals surface area contributed by atoms with E-state index in [0.29, 0.717) is 22.7 Å². The summed E-state index contributed by atoms with van der Waals surface area (Å²) in [5.74, 6) is 1.10. The Hall–Kier alpha value is -2.84. The lowest BCUT2D eigenvalue weighted by molar-refractivity contribution is 0.271. The highest BCUT2D eigenvalue weighted by molar-refractivity contribution is 7.91. The van der Waals surface area contributed by atoms with Crippen molar-refractivity contribution in [1.29, 1.82) is 0 Å². The van der Waals surface area contributed by atoms with Gasteiger partial charge in [-0.3, -0.25) is 4.98 Å². The molecule has 0 amide bonds. The van der Waals surface area contributed by atoms with E-state index in [1.165, 1.54) is 6.20 Å². The third-order valence-electron chi connectivity index (χ3n) is 5.79. The summed E-state index contributed by atoms with van der Waals surface area (Å²) in [5.41, 5.74) is 1.34. The zero-order valence-electron chi connectivity index (χ0n) is 18.0. The molecular formula is C23H27N3O4S. The Balaban J connectivity index is 1.95. The van der Waals surface area contributed by atoms with Crippen molar-refractivity contribution >= 4 is 26.4 Å². The van der Waals surface area contributed by atoms with Crippen LogP contribution in [0.5, 0.6) is 11.5 Å². The number of methoxy groups -OCH3 is 2.